The molecule has 0 radical (unpaired) electrons. The SMILES string of the molecule is Nc1ccc2nccc(Nc3ccc(C(=O)Nc4ccc(Nc5ccccc5)cc4)cc3)c2c1.O=C(Nc1ccc(Nc2ccccc2)cc1)c1ccc(Nc2ccnc3ccc([N+](=O)[O-])cc23)cc1.[Cl-].[Cl-]. The molecule has 10 rings (SSSR count). The maximum atomic E-state index is 12.7. The molecule has 2 heterocycles. The van der Waals surface area contributed by atoms with Gasteiger partial charge in [-0.1, -0.05) is 36.4 Å². The van der Waals surface area contributed by atoms with E-state index in [-0.39, 0.29) is 42.3 Å². The molecule has 0 saturated carbocycles. The minimum absolute atomic E-state index is 0. The van der Waals surface area contributed by atoms with Gasteiger partial charge in [0.25, 0.3) is 17.5 Å². The lowest BCUT2D eigenvalue weighted by atomic mass is 10.1. The Morgan fingerprint density at radius 2 is 0.778 bits per heavy atom. The highest BCUT2D eigenvalue weighted by molar-refractivity contribution is 6.05. The summed E-state index contributed by atoms with van der Waals surface area (Å²) in [6.07, 6.45) is 3.39. The van der Waals surface area contributed by atoms with Gasteiger partial charge in [0, 0.05) is 109 Å². The molecule has 16 heteroatoms. The number of hydrogen-bond acceptors (Lipinski definition) is 11. The van der Waals surface area contributed by atoms with Crippen LogP contribution in [0, 0.1) is 10.1 Å². The second kappa shape index (κ2) is 23.7. The molecular weight excluding hydrogens is 948 g/mol. The van der Waals surface area contributed by atoms with Gasteiger partial charge in [-0.25, -0.2) is 0 Å². The first-order valence-electron chi connectivity index (χ1n) is 22.1. The molecule has 0 aliphatic rings. The van der Waals surface area contributed by atoms with Crippen molar-refractivity contribution >= 4 is 102 Å². The van der Waals surface area contributed by atoms with E-state index >= 15 is 0 Å². The predicted molar refractivity (Wildman–Crippen MR) is 282 cm³/mol. The number of non-ortho nitro benzene ring substituents is 1. The lowest BCUT2D eigenvalue weighted by Gasteiger charge is -2.11. The number of pyridine rings is 2. The molecule has 0 aliphatic heterocycles. The van der Waals surface area contributed by atoms with E-state index in [1.54, 1.807) is 60.9 Å². The van der Waals surface area contributed by atoms with Crippen LogP contribution in [-0.2, 0) is 0 Å². The van der Waals surface area contributed by atoms with Crippen LogP contribution in [0.25, 0.3) is 21.8 Å². The molecule has 72 heavy (non-hydrogen) atoms. The summed E-state index contributed by atoms with van der Waals surface area (Å²) in [7, 11) is 0. The van der Waals surface area contributed by atoms with E-state index in [1.807, 2.05) is 146 Å². The van der Waals surface area contributed by atoms with E-state index in [0.29, 0.717) is 39.1 Å². The third-order valence-electron chi connectivity index (χ3n) is 11.0. The van der Waals surface area contributed by atoms with E-state index in [1.165, 1.54) is 12.1 Å². The zero-order chi connectivity index (χ0) is 48.2. The zero-order valence-corrected chi connectivity index (χ0v) is 39.6. The molecule has 0 bridgehead atoms. The van der Waals surface area contributed by atoms with Crippen molar-refractivity contribution < 1.29 is 39.3 Å². The van der Waals surface area contributed by atoms with Gasteiger partial charge >= 0.3 is 0 Å². The van der Waals surface area contributed by atoms with Crippen LogP contribution in [0.1, 0.15) is 20.7 Å². The second-order valence-electron chi connectivity index (χ2n) is 15.9. The number of nitrogen functional groups attached to an aromatic ring is 1. The van der Waals surface area contributed by atoms with Crippen LogP contribution in [-0.4, -0.2) is 26.7 Å². The Kier molecular flexibility index (Phi) is 16.6. The first-order valence-corrected chi connectivity index (χ1v) is 22.1. The number of fused-ring (bicyclic) bond motifs is 2. The summed E-state index contributed by atoms with van der Waals surface area (Å²) in [4.78, 5) is 44.8. The monoisotopic (exact) mass is 990 g/mol. The molecule has 8 N–H and O–H groups in total. The summed E-state index contributed by atoms with van der Waals surface area (Å²) in [5, 5.41) is 31.8. The third kappa shape index (κ3) is 13.0. The molecule has 14 nitrogen and oxygen atoms in total. The van der Waals surface area contributed by atoms with Crippen molar-refractivity contribution in [3.05, 3.63) is 240 Å². The van der Waals surface area contributed by atoms with Crippen molar-refractivity contribution in [2.24, 2.45) is 0 Å². The summed E-state index contributed by atoms with van der Waals surface area (Å²) in [5.74, 6) is -0.396. The molecule has 10 aromatic rings. The number of carbonyl (C=O) groups is 2. The average Bonchev–Trinajstić information content (AvgIpc) is 3.39. The average molecular weight is 992 g/mol. The Labute approximate surface area is 426 Å². The fraction of sp³-hybridized carbons (Fsp3) is 0. The number of hydrogen-bond donors (Lipinski definition) is 7. The number of carbonyl (C=O) groups excluding carboxylic acids is 2. The number of anilines is 11. The van der Waals surface area contributed by atoms with E-state index in [0.717, 1.165) is 56.4 Å². The number of para-hydroxylation sites is 2. The van der Waals surface area contributed by atoms with Gasteiger partial charge in [-0.15, -0.1) is 0 Å². The number of halogens is 2. The van der Waals surface area contributed by atoms with Crippen LogP contribution in [0.3, 0.4) is 0 Å². The highest BCUT2D eigenvalue weighted by atomic mass is 35.5. The number of nitrogens with zero attached hydrogens (tertiary/aromatic N) is 3. The molecule has 2 aromatic heterocycles. The van der Waals surface area contributed by atoms with Crippen molar-refractivity contribution in [3.8, 4) is 0 Å². The number of aromatic nitrogens is 2. The summed E-state index contributed by atoms with van der Waals surface area (Å²) < 4.78 is 0. The summed E-state index contributed by atoms with van der Waals surface area (Å²) in [6.45, 7) is 0. The molecule has 2 amide bonds. The normalized spacial score (nSPS) is 10.3. The molecule has 0 spiro atoms. The molecule has 0 aliphatic carbocycles. The quantitative estimate of drug-likeness (QED) is 0.0344. The maximum Gasteiger partial charge on any atom is 0.270 e. The van der Waals surface area contributed by atoms with Crippen LogP contribution >= 0.6 is 0 Å². The van der Waals surface area contributed by atoms with Crippen molar-refractivity contribution in [2.45, 2.75) is 0 Å². The van der Waals surface area contributed by atoms with Crippen molar-refractivity contribution in [1.29, 1.82) is 0 Å². The highest BCUT2D eigenvalue weighted by Crippen LogP contribution is 2.30. The van der Waals surface area contributed by atoms with Crippen LogP contribution in [0.5, 0.6) is 0 Å². The number of amides is 2. The van der Waals surface area contributed by atoms with Gasteiger partial charge in [0.2, 0.25) is 0 Å². The Morgan fingerprint density at radius 3 is 1.21 bits per heavy atom. The zero-order valence-electron chi connectivity index (χ0n) is 38.1. The maximum absolute atomic E-state index is 12.7. The van der Waals surface area contributed by atoms with Gasteiger partial charge in [0.05, 0.1) is 16.0 Å². The van der Waals surface area contributed by atoms with Crippen LogP contribution in [0.4, 0.5) is 68.2 Å². The number of nitro groups is 1. The molecule has 0 saturated heterocycles. The van der Waals surface area contributed by atoms with Crippen molar-refractivity contribution in [1.82, 2.24) is 9.97 Å². The molecular formula is C56H44Cl2N10O4-2. The summed E-state index contributed by atoms with van der Waals surface area (Å²) >= 11 is 0. The lowest BCUT2D eigenvalue weighted by molar-refractivity contribution is -0.384. The number of nitrogens with one attached hydrogen (secondary N) is 6. The fourth-order valence-electron chi connectivity index (χ4n) is 7.41. The predicted octanol–water partition coefficient (Wildman–Crippen LogP) is 7.45. The Hall–Kier alpha value is -9.50. The standard InChI is InChI=1S/C28H21N5O3.C28H23N5O.2ClH/c34-28(32-23-12-10-21(11-13-23)30-20-4-2-1-3-5-20)19-6-8-22(9-7-19)31-27-16-17-29-26-15-14-24(33(35)36)18-25(26)27;29-20-8-15-26-25(18-20)27(16-17-30-26)32-23-9-6-19(7-10-23)28(34)33-24-13-11-22(12-14-24)31-21-4-2-1-3-5-21;;/h1-18,30H,(H,29,31)(H,32,34);1-18,31H,29H2,(H,30,32)(H,33,34);2*1H/p-2. The first kappa shape index (κ1) is 50.4. The molecule has 0 atom stereocenters. The molecule has 8 aromatic carbocycles. The van der Waals surface area contributed by atoms with Gasteiger partial charge < -0.3 is 62.4 Å². The van der Waals surface area contributed by atoms with Gasteiger partial charge in [-0.05, 0) is 158 Å². The van der Waals surface area contributed by atoms with Crippen molar-refractivity contribution in [3.63, 3.8) is 0 Å². The van der Waals surface area contributed by atoms with Gasteiger partial charge in [0.1, 0.15) is 0 Å². The molecule has 0 unspecified atom stereocenters. The summed E-state index contributed by atoms with van der Waals surface area (Å²) in [6, 6.07) is 63.0. The fourth-order valence-corrected chi connectivity index (χ4v) is 7.41. The highest BCUT2D eigenvalue weighted by Gasteiger charge is 2.12. The minimum atomic E-state index is -0.434. The number of nitro benzene ring substituents is 1. The van der Waals surface area contributed by atoms with Crippen LogP contribution < -0.4 is 62.4 Å². The summed E-state index contributed by atoms with van der Waals surface area (Å²) in [5.41, 5.74) is 17.7. The van der Waals surface area contributed by atoms with Crippen molar-refractivity contribution in [2.75, 3.05) is 37.6 Å². The number of nitrogens with two attached hydrogens (primary N) is 1. The minimum Gasteiger partial charge on any atom is -1.00 e. The Bertz CT molecular complexity index is 3450. The number of benzene rings is 8. The third-order valence-corrected chi connectivity index (χ3v) is 11.0. The first-order chi connectivity index (χ1) is 34.2. The molecule has 358 valence electrons. The largest absolute Gasteiger partial charge is 1.00 e. The Morgan fingerprint density at radius 1 is 0.417 bits per heavy atom. The van der Waals surface area contributed by atoms with E-state index in [4.69, 9.17) is 5.73 Å². The van der Waals surface area contributed by atoms with Gasteiger partial charge in [0.15, 0.2) is 0 Å². The Balaban J connectivity index is 0.000000206. The van der Waals surface area contributed by atoms with E-state index in [2.05, 4.69) is 41.9 Å². The van der Waals surface area contributed by atoms with Crippen LogP contribution in [0.15, 0.2) is 219 Å². The van der Waals surface area contributed by atoms with E-state index < -0.39 is 4.92 Å². The second-order valence-corrected chi connectivity index (χ2v) is 15.9. The van der Waals surface area contributed by atoms with Crippen LogP contribution in [0.2, 0.25) is 0 Å². The topological polar surface area (TPSA) is 201 Å². The lowest BCUT2D eigenvalue weighted by Crippen LogP contribution is -3.00. The smallest absolute Gasteiger partial charge is 0.270 e. The number of rotatable bonds is 13. The van der Waals surface area contributed by atoms with Gasteiger partial charge in [-0.2, -0.15) is 0 Å². The van der Waals surface area contributed by atoms with Gasteiger partial charge in [-0.3, -0.25) is 29.7 Å². The van der Waals surface area contributed by atoms with E-state index in [9.17, 15) is 19.7 Å². The molecule has 0 fully saturated rings.